The van der Waals surface area contributed by atoms with Crippen LogP contribution in [0.25, 0.3) is 0 Å². The molecular formula is C13H19Br2NO. The Morgan fingerprint density at radius 3 is 2.65 bits per heavy atom. The summed E-state index contributed by atoms with van der Waals surface area (Å²) in [6, 6.07) is 5.98. The Labute approximate surface area is 120 Å². The summed E-state index contributed by atoms with van der Waals surface area (Å²) in [5, 5.41) is 3.39. The molecule has 1 unspecified atom stereocenters. The summed E-state index contributed by atoms with van der Waals surface area (Å²) in [5.74, 6) is 0.901. The van der Waals surface area contributed by atoms with Crippen molar-refractivity contribution in [1.29, 1.82) is 0 Å². The molecule has 0 saturated carbocycles. The summed E-state index contributed by atoms with van der Waals surface area (Å²) in [4.78, 5) is 0. The Kier molecular flexibility index (Phi) is 7.16. The fraction of sp³-hybridized carbons (Fsp3) is 0.538. The van der Waals surface area contributed by atoms with Crippen LogP contribution in [0.4, 0.5) is 0 Å². The molecule has 2 nitrogen and oxygen atoms in total. The van der Waals surface area contributed by atoms with E-state index in [9.17, 15) is 0 Å². The molecular weight excluding hydrogens is 346 g/mol. The summed E-state index contributed by atoms with van der Waals surface area (Å²) in [6.45, 7) is 6.25. The predicted molar refractivity (Wildman–Crippen MR) is 79.7 cm³/mol. The molecule has 0 aromatic heterocycles. The third-order valence-corrected chi connectivity index (χ3v) is 3.55. The van der Waals surface area contributed by atoms with Crippen molar-refractivity contribution in [2.24, 2.45) is 0 Å². The Bertz CT molecular complexity index is 344. The molecule has 1 aromatic carbocycles. The van der Waals surface area contributed by atoms with E-state index >= 15 is 0 Å². The minimum absolute atomic E-state index is 0.221. The van der Waals surface area contributed by atoms with Crippen molar-refractivity contribution in [1.82, 2.24) is 5.32 Å². The average molecular weight is 365 g/mol. The molecule has 0 bridgehead atoms. The molecule has 96 valence electrons. The van der Waals surface area contributed by atoms with Crippen molar-refractivity contribution >= 4 is 31.9 Å². The molecule has 0 amide bonds. The minimum atomic E-state index is 0.221. The lowest BCUT2D eigenvalue weighted by atomic mass is 10.2. The average Bonchev–Trinajstić information content (AvgIpc) is 2.31. The number of halogens is 2. The van der Waals surface area contributed by atoms with Crippen molar-refractivity contribution in [3.8, 4) is 5.75 Å². The lowest BCUT2D eigenvalue weighted by molar-refractivity contribution is 0.192. The zero-order chi connectivity index (χ0) is 12.7. The molecule has 1 aromatic rings. The van der Waals surface area contributed by atoms with Gasteiger partial charge in [-0.2, -0.15) is 0 Å². The molecule has 0 aliphatic carbocycles. The van der Waals surface area contributed by atoms with Crippen LogP contribution in [0.5, 0.6) is 5.75 Å². The van der Waals surface area contributed by atoms with Crippen LogP contribution in [0.15, 0.2) is 27.1 Å². The van der Waals surface area contributed by atoms with E-state index in [1.165, 1.54) is 0 Å². The Morgan fingerprint density at radius 2 is 2.06 bits per heavy atom. The standard InChI is InChI=1S/C13H19Br2NO/c1-3-7-16-9-11(4-2)17-13-6-5-10(14)8-12(13)15/h5-6,8,11,16H,3-4,7,9H2,1-2H3. The van der Waals surface area contributed by atoms with Crippen LogP contribution in [0.1, 0.15) is 26.7 Å². The summed E-state index contributed by atoms with van der Waals surface area (Å²) in [5.41, 5.74) is 0. The zero-order valence-corrected chi connectivity index (χ0v) is 13.5. The molecule has 4 heteroatoms. The van der Waals surface area contributed by atoms with E-state index in [1.54, 1.807) is 0 Å². The first-order valence-electron chi connectivity index (χ1n) is 5.99. The first-order valence-corrected chi connectivity index (χ1v) is 7.58. The second-order valence-corrected chi connectivity index (χ2v) is 5.70. The maximum atomic E-state index is 5.97. The van der Waals surface area contributed by atoms with E-state index in [2.05, 4.69) is 51.0 Å². The van der Waals surface area contributed by atoms with Crippen LogP contribution < -0.4 is 10.1 Å². The highest BCUT2D eigenvalue weighted by Crippen LogP contribution is 2.29. The van der Waals surface area contributed by atoms with Gasteiger partial charge in [-0.15, -0.1) is 0 Å². The van der Waals surface area contributed by atoms with E-state index in [0.29, 0.717) is 0 Å². The summed E-state index contributed by atoms with van der Waals surface area (Å²) < 4.78 is 8.00. The van der Waals surface area contributed by atoms with Gasteiger partial charge in [0.25, 0.3) is 0 Å². The highest BCUT2D eigenvalue weighted by Gasteiger charge is 2.10. The molecule has 1 N–H and O–H groups in total. The molecule has 0 aliphatic rings. The van der Waals surface area contributed by atoms with Crippen molar-refractivity contribution in [3.05, 3.63) is 27.1 Å². The largest absolute Gasteiger partial charge is 0.488 e. The first kappa shape index (κ1) is 15.0. The van der Waals surface area contributed by atoms with Gasteiger partial charge in [-0.05, 0) is 53.5 Å². The first-order chi connectivity index (χ1) is 8.17. The van der Waals surface area contributed by atoms with Gasteiger partial charge in [0.05, 0.1) is 4.47 Å². The minimum Gasteiger partial charge on any atom is -0.488 e. The van der Waals surface area contributed by atoms with Gasteiger partial charge in [-0.1, -0.05) is 29.8 Å². The monoisotopic (exact) mass is 363 g/mol. The van der Waals surface area contributed by atoms with E-state index < -0.39 is 0 Å². The van der Waals surface area contributed by atoms with Gasteiger partial charge in [0, 0.05) is 11.0 Å². The predicted octanol–water partition coefficient (Wildman–Crippen LogP) is 4.37. The highest BCUT2D eigenvalue weighted by molar-refractivity contribution is 9.11. The fourth-order valence-electron chi connectivity index (χ4n) is 1.46. The number of hydrogen-bond donors (Lipinski definition) is 1. The Morgan fingerprint density at radius 1 is 1.29 bits per heavy atom. The van der Waals surface area contributed by atoms with Crippen LogP contribution in [0.2, 0.25) is 0 Å². The molecule has 0 fully saturated rings. The molecule has 0 radical (unpaired) electrons. The van der Waals surface area contributed by atoms with Gasteiger partial charge in [-0.25, -0.2) is 0 Å². The van der Waals surface area contributed by atoms with E-state index in [0.717, 1.165) is 40.6 Å². The quantitative estimate of drug-likeness (QED) is 0.725. The van der Waals surface area contributed by atoms with Crippen LogP contribution in [-0.2, 0) is 0 Å². The van der Waals surface area contributed by atoms with Gasteiger partial charge in [0.2, 0.25) is 0 Å². The Hall–Kier alpha value is -0.0600. The topological polar surface area (TPSA) is 21.3 Å². The molecule has 17 heavy (non-hydrogen) atoms. The maximum Gasteiger partial charge on any atom is 0.134 e. The molecule has 1 rings (SSSR count). The fourth-order valence-corrected chi connectivity index (χ4v) is 2.60. The van der Waals surface area contributed by atoms with Gasteiger partial charge >= 0.3 is 0 Å². The summed E-state index contributed by atoms with van der Waals surface area (Å²) >= 11 is 6.94. The number of hydrogen-bond acceptors (Lipinski definition) is 2. The molecule has 0 spiro atoms. The molecule has 0 heterocycles. The third kappa shape index (κ3) is 5.40. The summed E-state index contributed by atoms with van der Waals surface area (Å²) in [7, 11) is 0. The van der Waals surface area contributed by atoms with Crippen molar-refractivity contribution in [2.75, 3.05) is 13.1 Å². The lowest BCUT2D eigenvalue weighted by Gasteiger charge is -2.19. The summed E-state index contributed by atoms with van der Waals surface area (Å²) in [6.07, 6.45) is 2.37. The van der Waals surface area contributed by atoms with Crippen molar-refractivity contribution < 1.29 is 4.74 Å². The van der Waals surface area contributed by atoms with E-state index in [-0.39, 0.29) is 6.10 Å². The normalized spacial score (nSPS) is 12.5. The van der Waals surface area contributed by atoms with Gasteiger partial charge in [-0.3, -0.25) is 0 Å². The Balaban J connectivity index is 2.54. The second-order valence-electron chi connectivity index (χ2n) is 3.93. The second kappa shape index (κ2) is 8.11. The number of ether oxygens (including phenoxy) is 1. The molecule has 0 saturated heterocycles. The van der Waals surface area contributed by atoms with Gasteiger partial charge in [0.15, 0.2) is 0 Å². The molecule has 1 atom stereocenters. The number of rotatable bonds is 7. The smallest absolute Gasteiger partial charge is 0.134 e. The van der Waals surface area contributed by atoms with Gasteiger partial charge < -0.3 is 10.1 Å². The highest BCUT2D eigenvalue weighted by atomic mass is 79.9. The van der Waals surface area contributed by atoms with E-state index in [4.69, 9.17) is 4.74 Å². The maximum absolute atomic E-state index is 5.97. The number of nitrogens with one attached hydrogen (secondary N) is 1. The van der Waals surface area contributed by atoms with Crippen LogP contribution >= 0.6 is 31.9 Å². The molecule has 0 aliphatic heterocycles. The van der Waals surface area contributed by atoms with E-state index in [1.807, 2.05) is 18.2 Å². The lowest BCUT2D eigenvalue weighted by Crippen LogP contribution is -2.31. The van der Waals surface area contributed by atoms with Crippen molar-refractivity contribution in [3.63, 3.8) is 0 Å². The zero-order valence-electron chi connectivity index (χ0n) is 10.3. The SMILES string of the molecule is CCCNCC(CC)Oc1ccc(Br)cc1Br. The van der Waals surface area contributed by atoms with Crippen LogP contribution in [0, 0.1) is 0 Å². The van der Waals surface area contributed by atoms with Crippen LogP contribution in [-0.4, -0.2) is 19.2 Å². The van der Waals surface area contributed by atoms with Crippen molar-refractivity contribution in [2.45, 2.75) is 32.8 Å². The van der Waals surface area contributed by atoms with Gasteiger partial charge in [0.1, 0.15) is 11.9 Å². The third-order valence-electron chi connectivity index (χ3n) is 2.44. The number of benzene rings is 1. The van der Waals surface area contributed by atoms with Crippen LogP contribution in [0.3, 0.4) is 0 Å².